The van der Waals surface area contributed by atoms with Gasteiger partial charge in [0.15, 0.2) is 0 Å². The van der Waals surface area contributed by atoms with Gasteiger partial charge < -0.3 is 4.90 Å². The first-order valence-corrected chi connectivity index (χ1v) is 9.89. The Kier molecular flexibility index (Phi) is 15.0. The van der Waals surface area contributed by atoms with E-state index >= 15 is 0 Å². The Labute approximate surface area is 140 Å². The van der Waals surface area contributed by atoms with Crippen LogP contribution in [-0.4, -0.2) is 23.9 Å². The zero-order valence-electron chi connectivity index (χ0n) is 15.8. The fraction of sp³-hybridized carbons (Fsp3) is 0.950. The highest BCUT2D eigenvalue weighted by Gasteiger charge is 2.07. The van der Waals surface area contributed by atoms with Crippen LogP contribution in [0.25, 0.3) is 0 Å². The zero-order chi connectivity index (χ0) is 16.6. The Hall–Kier alpha value is -0.530. The van der Waals surface area contributed by atoms with Gasteiger partial charge in [-0.1, -0.05) is 78.1 Å². The van der Waals surface area contributed by atoms with Crippen molar-refractivity contribution in [3.8, 4) is 0 Å². The van der Waals surface area contributed by atoms with Crippen LogP contribution in [0, 0.1) is 5.92 Å². The lowest BCUT2D eigenvalue weighted by atomic mass is 10.0. The van der Waals surface area contributed by atoms with E-state index in [0.717, 1.165) is 31.8 Å². The third-order valence-electron chi connectivity index (χ3n) is 4.54. The molecule has 0 heterocycles. The molecule has 0 radical (unpaired) electrons. The minimum Gasteiger partial charge on any atom is -0.343 e. The second kappa shape index (κ2) is 15.4. The van der Waals surface area contributed by atoms with Gasteiger partial charge in [-0.25, -0.2) is 0 Å². The van der Waals surface area contributed by atoms with Gasteiger partial charge in [0, 0.05) is 19.5 Å². The predicted molar refractivity (Wildman–Crippen MR) is 98.2 cm³/mol. The van der Waals surface area contributed by atoms with Gasteiger partial charge >= 0.3 is 0 Å². The number of amides is 1. The first kappa shape index (κ1) is 21.5. The molecular formula is C20H41NO. The van der Waals surface area contributed by atoms with Gasteiger partial charge in [0.05, 0.1) is 0 Å². The third kappa shape index (κ3) is 13.2. The highest BCUT2D eigenvalue weighted by molar-refractivity contribution is 5.75. The van der Waals surface area contributed by atoms with Gasteiger partial charge in [0.25, 0.3) is 0 Å². The number of hydrogen-bond acceptors (Lipinski definition) is 1. The Balaban J connectivity index is 3.22. The van der Waals surface area contributed by atoms with Crippen molar-refractivity contribution in [2.24, 2.45) is 5.92 Å². The minimum absolute atomic E-state index is 0.339. The molecule has 0 saturated carbocycles. The van der Waals surface area contributed by atoms with E-state index < -0.39 is 0 Å². The summed E-state index contributed by atoms with van der Waals surface area (Å²) in [6, 6.07) is 0. The molecule has 2 heteroatoms. The molecule has 0 spiro atoms. The van der Waals surface area contributed by atoms with Gasteiger partial charge in [0.1, 0.15) is 0 Å². The molecule has 0 rings (SSSR count). The molecule has 0 fully saturated rings. The summed E-state index contributed by atoms with van der Waals surface area (Å²) in [6.45, 7) is 10.5. The monoisotopic (exact) mass is 311 g/mol. The van der Waals surface area contributed by atoms with Crippen molar-refractivity contribution >= 4 is 5.91 Å². The Bertz CT molecular complexity index is 246. The van der Waals surface area contributed by atoms with Crippen LogP contribution in [0.15, 0.2) is 0 Å². The molecule has 132 valence electrons. The number of unbranched alkanes of at least 4 members (excludes halogenated alkanes) is 9. The summed E-state index contributed by atoms with van der Waals surface area (Å²) in [7, 11) is 0. The molecule has 0 aliphatic heterocycles. The number of rotatable bonds is 15. The third-order valence-corrected chi connectivity index (χ3v) is 4.54. The lowest BCUT2D eigenvalue weighted by molar-refractivity contribution is -0.130. The molecule has 0 aliphatic carbocycles. The summed E-state index contributed by atoms with van der Waals surface area (Å²) < 4.78 is 0. The summed E-state index contributed by atoms with van der Waals surface area (Å²) in [5, 5.41) is 0. The van der Waals surface area contributed by atoms with Gasteiger partial charge in [-0.15, -0.1) is 0 Å². The molecule has 0 N–H and O–H groups in total. The summed E-state index contributed by atoms with van der Waals surface area (Å²) in [4.78, 5) is 13.8. The standard InChI is InChI=1S/C20H41NO/c1-5-21(6-2)20(22)18-16-14-12-10-8-7-9-11-13-15-17-19(3)4/h19H,5-18H2,1-4H3. The number of nitrogens with zero attached hydrogens (tertiary/aromatic N) is 1. The summed E-state index contributed by atoms with van der Waals surface area (Å²) >= 11 is 0. The molecular weight excluding hydrogens is 270 g/mol. The van der Waals surface area contributed by atoms with E-state index in [4.69, 9.17) is 0 Å². The molecule has 0 unspecified atom stereocenters. The van der Waals surface area contributed by atoms with Crippen LogP contribution >= 0.6 is 0 Å². The topological polar surface area (TPSA) is 20.3 Å². The van der Waals surface area contributed by atoms with E-state index in [1.165, 1.54) is 64.2 Å². The highest BCUT2D eigenvalue weighted by Crippen LogP contribution is 2.14. The van der Waals surface area contributed by atoms with Crippen LogP contribution in [0.2, 0.25) is 0 Å². The Morgan fingerprint density at radius 1 is 0.727 bits per heavy atom. The SMILES string of the molecule is CCN(CC)C(=O)CCCCCCCCCCCCC(C)C. The lowest BCUT2D eigenvalue weighted by Crippen LogP contribution is -2.30. The van der Waals surface area contributed by atoms with Gasteiger partial charge in [-0.2, -0.15) is 0 Å². The molecule has 0 aromatic rings. The minimum atomic E-state index is 0.339. The first-order valence-electron chi connectivity index (χ1n) is 9.89. The van der Waals surface area contributed by atoms with Crippen molar-refractivity contribution in [2.45, 2.75) is 105 Å². The second-order valence-corrected chi connectivity index (χ2v) is 7.03. The van der Waals surface area contributed by atoms with Crippen LogP contribution in [0.4, 0.5) is 0 Å². The molecule has 0 aromatic carbocycles. The van der Waals surface area contributed by atoms with E-state index in [1.807, 2.05) is 4.90 Å². The second-order valence-electron chi connectivity index (χ2n) is 7.03. The van der Waals surface area contributed by atoms with E-state index in [2.05, 4.69) is 27.7 Å². The number of carbonyl (C=O) groups excluding carboxylic acids is 1. The zero-order valence-corrected chi connectivity index (χ0v) is 15.8. The van der Waals surface area contributed by atoms with Crippen molar-refractivity contribution in [3.05, 3.63) is 0 Å². The molecule has 0 bridgehead atoms. The van der Waals surface area contributed by atoms with Gasteiger partial charge in [-0.05, 0) is 26.2 Å². The lowest BCUT2D eigenvalue weighted by Gasteiger charge is -2.18. The smallest absolute Gasteiger partial charge is 0.222 e. The van der Waals surface area contributed by atoms with Crippen LogP contribution in [0.3, 0.4) is 0 Å². The van der Waals surface area contributed by atoms with Gasteiger partial charge in [-0.3, -0.25) is 4.79 Å². The maximum atomic E-state index is 11.8. The fourth-order valence-corrected chi connectivity index (χ4v) is 2.98. The predicted octanol–water partition coefficient (Wildman–Crippen LogP) is 6.19. The average molecular weight is 312 g/mol. The Morgan fingerprint density at radius 2 is 1.14 bits per heavy atom. The van der Waals surface area contributed by atoms with Gasteiger partial charge in [0.2, 0.25) is 5.91 Å². The van der Waals surface area contributed by atoms with E-state index in [-0.39, 0.29) is 0 Å². The summed E-state index contributed by atoms with van der Waals surface area (Å²) in [5.74, 6) is 1.21. The number of hydrogen-bond donors (Lipinski definition) is 0. The van der Waals surface area contributed by atoms with Crippen molar-refractivity contribution in [1.82, 2.24) is 4.90 Å². The normalized spacial score (nSPS) is 11.1. The first-order chi connectivity index (χ1) is 10.6. The van der Waals surface area contributed by atoms with Crippen molar-refractivity contribution in [1.29, 1.82) is 0 Å². The summed E-state index contributed by atoms with van der Waals surface area (Å²) in [6.07, 6.45) is 15.6. The molecule has 0 aliphatic rings. The van der Waals surface area contributed by atoms with Crippen LogP contribution < -0.4 is 0 Å². The quantitative estimate of drug-likeness (QED) is 0.330. The molecule has 0 saturated heterocycles. The van der Waals surface area contributed by atoms with Crippen LogP contribution in [-0.2, 0) is 4.79 Å². The molecule has 1 amide bonds. The van der Waals surface area contributed by atoms with E-state index in [9.17, 15) is 4.79 Å². The average Bonchev–Trinajstić information content (AvgIpc) is 2.49. The Morgan fingerprint density at radius 3 is 1.55 bits per heavy atom. The molecule has 22 heavy (non-hydrogen) atoms. The highest BCUT2D eigenvalue weighted by atomic mass is 16.2. The molecule has 0 atom stereocenters. The largest absolute Gasteiger partial charge is 0.343 e. The fourth-order valence-electron chi connectivity index (χ4n) is 2.98. The van der Waals surface area contributed by atoms with Crippen molar-refractivity contribution < 1.29 is 4.79 Å². The number of carbonyl (C=O) groups is 1. The van der Waals surface area contributed by atoms with E-state index in [0.29, 0.717) is 5.91 Å². The summed E-state index contributed by atoms with van der Waals surface area (Å²) in [5.41, 5.74) is 0. The molecule has 0 aromatic heterocycles. The maximum Gasteiger partial charge on any atom is 0.222 e. The van der Waals surface area contributed by atoms with Crippen molar-refractivity contribution in [2.75, 3.05) is 13.1 Å². The van der Waals surface area contributed by atoms with Crippen molar-refractivity contribution in [3.63, 3.8) is 0 Å². The van der Waals surface area contributed by atoms with Crippen LogP contribution in [0.5, 0.6) is 0 Å². The molecule has 2 nitrogen and oxygen atoms in total. The van der Waals surface area contributed by atoms with Crippen LogP contribution in [0.1, 0.15) is 105 Å². The maximum absolute atomic E-state index is 11.8. The van der Waals surface area contributed by atoms with E-state index in [1.54, 1.807) is 0 Å².